The number of aliphatic hydroxyl groups is 2. The molecule has 0 radical (unpaired) electrons. The fourth-order valence-corrected chi connectivity index (χ4v) is 4.11. The molecule has 0 bridgehead atoms. The number of nitrogens with one attached hydrogen (secondary N) is 2. The van der Waals surface area contributed by atoms with Crippen molar-refractivity contribution < 1.29 is 15.0 Å². The van der Waals surface area contributed by atoms with Gasteiger partial charge >= 0.3 is 0 Å². The van der Waals surface area contributed by atoms with E-state index in [1.807, 2.05) is 6.92 Å². The van der Waals surface area contributed by atoms with Crippen LogP contribution in [0.1, 0.15) is 53.3 Å². The molecule has 1 aromatic carbocycles. The highest BCUT2D eigenvalue weighted by Gasteiger charge is 2.21. The van der Waals surface area contributed by atoms with Crippen LogP contribution in [0.25, 0.3) is 5.82 Å². The van der Waals surface area contributed by atoms with Gasteiger partial charge in [0, 0.05) is 29.0 Å². The molecule has 0 spiro atoms. The zero-order chi connectivity index (χ0) is 23.4. The fraction of sp³-hybridized carbons (Fsp3) is 0.391. The Morgan fingerprint density at radius 1 is 1.27 bits per heavy atom. The number of amides is 1. The second-order valence-electron chi connectivity index (χ2n) is 8.28. The van der Waals surface area contributed by atoms with Crippen molar-refractivity contribution in [1.82, 2.24) is 24.8 Å². The lowest BCUT2D eigenvalue weighted by atomic mass is 9.93. The van der Waals surface area contributed by atoms with E-state index in [9.17, 15) is 15.0 Å². The summed E-state index contributed by atoms with van der Waals surface area (Å²) in [5, 5.41) is 26.1. The number of aryl methyl sites for hydroxylation is 1. The number of carbonyl (C=O) groups is 1. The number of hydrogen-bond donors (Lipinski definition) is 4. The number of hydrogen-bond acceptors (Lipinski definition) is 7. The van der Waals surface area contributed by atoms with E-state index in [4.69, 9.17) is 11.6 Å². The highest BCUT2D eigenvalue weighted by Crippen LogP contribution is 2.22. The number of aromatic nitrogens is 4. The van der Waals surface area contributed by atoms with E-state index in [0.29, 0.717) is 22.4 Å². The van der Waals surface area contributed by atoms with E-state index in [0.717, 1.165) is 31.2 Å². The van der Waals surface area contributed by atoms with Crippen LogP contribution in [-0.2, 0) is 0 Å². The maximum absolute atomic E-state index is 12.8. The summed E-state index contributed by atoms with van der Waals surface area (Å²) in [7, 11) is 0. The number of aliphatic hydroxyl groups excluding tert-OH is 2. The largest absolute Gasteiger partial charge is 0.394 e. The average molecular weight is 471 g/mol. The summed E-state index contributed by atoms with van der Waals surface area (Å²) < 4.78 is 1.68. The van der Waals surface area contributed by atoms with Gasteiger partial charge in [-0.05, 0) is 50.3 Å². The lowest BCUT2D eigenvalue weighted by Crippen LogP contribution is -2.31. The van der Waals surface area contributed by atoms with E-state index in [1.165, 1.54) is 6.33 Å². The quantitative estimate of drug-likeness (QED) is 0.418. The predicted molar refractivity (Wildman–Crippen MR) is 125 cm³/mol. The SMILES string of the molecule is Cc1cnc(N[C@H]2CC[C@@H](O)CC2)nc1-n1cnc(C(=O)N[C@H](CO)c2cccc(Cl)c2)c1. The summed E-state index contributed by atoms with van der Waals surface area (Å²) in [6.45, 7) is 1.61. The molecular formula is C23H27ClN6O3. The van der Waals surface area contributed by atoms with Crippen molar-refractivity contribution in [2.24, 2.45) is 0 Å². The first-order valence-electron chi connectivity index (χ1n) is 10.9. The normalized spacial score (nSPS) is 19.2. The minimum Gasteiger partial charge on any atom is -0.394 e. The zero-order valence-electron chi connectivity index (χ0n) is 18.3. The number of carbonyl (C=O) groups excluding carboxylic acids is 1. The molecule has 1 aliphatic carbocycles. The first-order chi connectivity index (χ1) is 15.9. The Morgan fingerprint density at radius 3 is 2.79 bits per heavy atom. The van der Waals surface area contributed by atoms with E-state index < -0.39 is 11.9 Å². The monoisotopic (exact) mass is 470 g/mol. The highest BCUT2D eigenvalue weighted by atomic mass is 35.5. The molecule has 9 nitrogen and oxygen atoms in total. The third-order valence-corrected chi connectivity index (χ3v) is 6.01. The Morgan fingerprint density at radius 2 is 2.06 bits per heavy atom. The Kier molecular flexibility index (Phi) is 7.22. The van der Waals surface area contributed by atoms with E-state index in [2.05, 4.69) is 25.6 Å². The van der Waals surface area contributed by atoms with Crippen molar-refractivity contribution in [3.63, 3.8) is 0 Å². The van der Waals surface area contributed by atoms with Gasteiger partial charge in [-0.15, -0.1) is 0 Å². The van der Waals surface area contributed by atoms with Crippen molar-refractivity contribution in [3.05, 3.63) is 64.8 Å². The molecule has 0 aliphatic heterocycles. The van der Waals surface area contributed by atoms with Gasteiger partial charge in [0.25, 0.3) is 5.91 Å². The summed E-state index contributed by atoms with van der Waals surface area (Å²) >= 11 is 6.03. The Hall–Kier alpha value is -3.01. The average Bonchev–Trinajstić information content (AvgIpc) is 3.30. The smallest absolute Gasteiger partial charge is 0.272 e. The van der Waals surface area contributed by atoms with Gasteiger partial charge in [0.15, 0.2) is 0 Å². The van der Waals surface area contributed by atoms with Crippen LogP contribution < -0.4 is 10.6 Å². The third kappa shape index (κ3) is 5.68. The lowest BCUT2D eigenvalue weighted by molar-refractivity contribution is 0.0911. The van der Waals surface area contributed by atoms with Crippen LogP contribution in [0.15, 0.2) is 43.0 Å². The van der Waals surface area contributed by atoms with E-state index in [1.54, 1.807) is 41.2 Å². The van der Waals surface area contributed by atoms with Gasteiger partial charge in [0.1, 0.15) is 17.8 Å². The molecule has 1 amide bonds. The Bertz CT molecular complexity index is 1110. The number of imidazole rings is 1. The minimum atomic E-state index is -0.605. The van der Waals surface area contributed by atoms with Gasteiger partial charge in [0.05, 0.1) is 18.8 Å². The summed E-state index contributed by atoms with van der Waals surface area (Å²) in [5.74, 6) is 0.694. The summed E-state index contributed by atoms with van der Waals surface area (Å²) in [6.07, 6.45) is 7.88. The van der Waals surface area contributed by atoms with Crippen LogP contribution in [0.2, 0.25) is 5.02 Å². The molecule has 4 rings (SSSR count). The van der Waals surface area contributed by atoms with Crippen LogP contribution in [0.4, 0.5) is 5.95 Å². The Balaban J connectivity index is 1.47. The molecular weight excluding hydrogens is 444 g/mol. The lowest BCUT2D eigenvalue weighted by Gasteiger charge is -2.26. The first-order valence-corrected chi connectivity index (χ1v) is 11.3. The number of rotatable bonds is 7. The van der Waals surface area contributed by atoms with Crippen molar-refractivity contribution in [2.75, 3.05) is 11.9 Å². The van der Waals surface area contributed by atoms with Gasteiger partial charge in [0.2, 0.25) is 5.95 Å². The zero-order valence-corrected chi connectivity index (χ0v) is 19.0. The van der Waals surface area contributed by atoms with E-state index >= 15 is 0 Å². The van der Waals surface area contributed by atoms with Gasteiger partial charge in [-0.1, -0.05) is 23.7 Å². The molecule has 174 valence electrons. The molecule has 2 aromatic heterocycles. The molecule has 2 heterocycles. The molecule has 0 saturated heterocycles. The van der Waals surface area contributed by atoms with Crippen LogP contribution in [0, 0.1) is 6.92 Å². The van der Waals surface area contributed by atoms with Crippen LogP contribution >= 0.6 is 11.6 Å². The second-order valence-corrected chi connectivity index (χ2v) is 8.72. The van der Waals surface area contributed by atoms with Crippen molar-refractivity contribution in [3.8, 4) is 5.82 Å². The molecule has 1 aliphatic rings. The molecule has 1 fully saturated rings. The highest BCUT2D eigenvalue weighted by molar-refractivity contribution is 6.30. The maximum atomic E-state index is 12.8. The molecule has 4 N–H and O–H groups in total. The first kappa shape index (κ1) is 23.2. The van der Waals surface area contributed by atoms with Crippen LogP contribution in [-0.4, -0.2) is 54.4 Å². The summed E-state index contributed by atoms with van der Waals surface area (Å²) in [4.78, 5) is 26.0. The third-order valence-electron chi connectivity index (χ3n) is 5.77. The number of nitrogens with zero attached hydrogens (tertiary/aromatic N) is 4. The van der Waals surface area contributed by atoms with Gasteiger partial charge in [-0.3, -0.25) is 9.36 Å². The topological polar surface area (TPSA) is 125 Å². The predicted octanol–water partition coefficient (Wildman–Crippen LogP) is 2.80. The van der Waals surface area contributed by atoms with Crippen molar-refractivity contribution in [2.45, 2.75) is 50.8 Å². The Labute approximate surface area is 196 Å². The second kappa shape index (κ2) is 10.3. The number of anilines is 1. The van der Waals surface area contributed by atoms with Crippen LogP contribution in [0.3, 0.4) is 0 Å². The maximum Gasteiger partial charge on any atom is 0.272 e. The minimum absolute atomic E-state index is 0.198. The summed E-state index contributed by atoms with van der Waals surface area (Å²) in [5.41, 5.74) is 1.73. The fourth-order valence-electron chi connectivity index (χ4n) is 3.91. The molecule has 0 unspecified atom stereocenters. The van der Waals surface area contributed by atoms with Crippen LogP contribution in [0.5, 0.6) is 0 Å². The number of halogens is 1. The standard InChI is InChI=1S/C23H27ClN6O3/c1-14-10-25-23(27-17-5-7-18(32)8-6-17)29-21(14)30-11-19(26-13-30)22(33)28-20(12-31)15-3-2-4-16(24)9-15/h2-4,9-11,13,17-18,20,31-32H,5-8,12H2,1H3,(H,28,33)(H,25,27,29)/t17-,18+,20-/m1/s1. The molecule has 1 atom stereocenters. The van der Waals surface area contributed by atoms with Gasteiger partial charge in [-0.25, -0.2) is 9.97 Å². The molecule has 1 saturated carbocycles. The molecule has 10 heteroatoms. The number of benzene rings is 1. The van der Waals surface area contributed by atoms with Gasteiger partial charge < -0.3 is 20.8 Å². The molecule has 33 heavy (non-hydrogen) atoms. The van der Waals surface area contributed by atoms with Gasteiger partial charge in [-0.2, -0.15) is 4.98 Å². The van der Waals surface area contributed by atoms with Crippen molar-refractivity contribution in [1.29, 1.82) is 0 Å². The van der Waals surface area contributed by atoms with E-state index in [-0.39, 0.29) is 24.4 Å². The van der Waals surface area contributed by atoms with Crippen molar-refractivity contribution >= 4 is 23.5 Å². The molecule has 3 aromatic rings. The summed E-state index contributed by atoms with van der Waals surface area (Å²) in [6, 6.07) is 6.60.